The molecular weight excluding hydrogens is 550 g/mol. The van der Waals surface area contributed by atoms with Crippen LogP contribution in [0.4, 0.5) is 5.69 Å². The second-order valence-electron chi connectivity index (χ2n) is 13.2. The van der Waals surface area contributed by atoms with Gasteiger partial charge in [0.15, 0.2) is 5.76 Å². The third-order valence-corrected chi connectivity index (χ3v) is 8.24. The first-order valence-corrected chi connectivity index (χ1v) is 17.1. The second kappa shape index (κ2) is 18.3. The molecule has 0 aromatic heterocycles. The molecule has 0 bridgehead atoms. The van der Waals surface area contributed by atoms with E-state index in [1.54, 1.807) is 6.92 Å². The number of allylic oxidation sites excluding steroid dienone is 8. The van der Waals surface area contributed by atoms with Crippen LogP contribution in [0.15, 0.2) is 88.3 Å². The van der Waals surface area contributed by atoms with Crippen molar-refractivity contribution >= 4 is 11.8 Å². The van der Waals surface area contributed by atoms with Crippen LogP contribution in [0.2, 0.25) is 0 Å². The van der Waals surface area contributed by atoms with Gasteiger partial charge in [-0.05, 0) is 80.7 Å². The molecule has 0 unspecified atom stereocenters. The third kappa shape index (κ3) is 11.3. The smallest absolute Gasteiger partial charge is 0.152 e. The first kappa shape index (κ1) is 37.4. The molecule has 1 aromatic carbocycles. The van der Waals surface area contributed by atoms with Crippen LogP contribution >= 0.6 is 0 Å². The molecular formula is C41H57N3O. The highest BCUT2D eigenvalue weighted by molar-refractivity contribution is 5.59. The summed E-state index contributed by atoms with van der Waals surface area (Å²) >= 11 is 0. The van der Waals surface area contributed by atoms with Gasteiger partial charge in [0.05, 0.1) is 11.6 Å². The van der Waals surface area contributed by atoms with Crippen molar-refractivity contribution in [3.63, 3.8) is 0 Å². The van der Waals surface area contributed by atoms with E-state index in [-0.39, 0.29) is 5.41 Å². The summed E-state index contributed by atoms with van der Waals surface area (Å²) in [5.74, 6) is 0.391. The predicted molar refractivity (Wildman–Crippen MR) is 193 cm³/mol. The molecule has 4 heteroatoms. The van der Waals surface area contributed by atoms with Gasteiger partial charge >= 0.3 is 0 Å². The van der Waals surface area contributed by atoms with Crippen LogP contribution in [0, 0.1) is 28.1 Å². The summed E-state index contributed by atoms with van der Waals surface area (Å²) in [6.07, 6.45) is 22.5. The maximum Gasteiger partial charge on any atom is 0.152 e. The minimum Gasteiger partial charge on any atom is -0.481 e. The number of hydrogen-bond donors (Lipinski definition) is 0. The quantitative estimate of drug-likeness (QED) is 0.165. The fraction of sp³-hybridized carbons (Fsp3) is 0.512. The fourth-order valence-corrected chi connectivity index (χ4v) is 5.96. The number of rotatable bonds is 13. The summed E-state index contributed by atoms with van der Waals surface area (Å²) in [5, 5.41) is 19.2. The van der Waals surface area contributed by atoms with Gasteiger partial charge in [0, 0.05) is 24.4 Å². The third-order valence-electron chi connectivity index (χ3n) is 8.24. The molecule has 0 saturated carbocycles. The average Bonchev–Trinajstić information content (AvgIpc) is 3.28. The lowest BCUT2D eigenvalue weighted by molar-refractivity contribution is 0.0948. The summed E-state index contributed by atoms with van der Waals surface area (Å²) in [7, 11) is 0. The minimum atomic E-state index is -0.666. The summed E-state index contributed by atoms with van der Waals surface area (Å²) in [6.45, 7) is 21.0. The zero-order chi connectivity index (χ0) is 33.5. The first-order valence-electron chi connectivity index (χ1n) is 17.1. The van der Waals surface area contributed by atoms with Crippen LogP contribution in [-0.2, 0) is 4.74 Å². The molecule has 0 spiro atoms. The molecule has 0 fully saturated rings. The Bertz CT molecular complexity index is 1370. The molecule has 0 saturated heterocycles. The molecule has 0 N–H and O–H groups in total. The monoisotopic (exact) mass is 607 g/mol. The molecule has 3 rings (SSSR count). The van der Waals surface area contributed by atoms with Gasteiger partial charge < -0.3 is 9.64 Å². The number of unbranched alkanes of at least 4 members (excludes halogenated alkanes) is 4. The van der Waals surface area contributed by atoms with Crippen LogP contribution in [-0.4, -0.2) is 18.7 Å². The highest BCUT2D eigenvalue weighted by Crippen LogP contribution is 2.41. The minimum absolute atomic E-state index is 0.155. The van der Waals surface area contributed by atoms with E-state index in [2.05, 4.69) is 93.3 Å². The van der Waals surface area contributed by atoms with E-state index in [9.17, 15) is 10.5 Å². The standard InChI is InChI=1S/C39H51N3O.C2H6/c1-8-10-12-23-42(24-13-11-9-2)34-21-19-31(20-22-34)17-18-33-25-32(26-38(4,5)27-33)15-14-16-36-35(29-41)37(30(3)28-40)43-39(36,6)7;1-2/h14-22,25H,8-13,23-24,26-27H2,1-7H3;1-2H3/b16-14+,18-17+,32-15-,37-30+;. The van der Waals surface area contributed by atoms with Gasteiger partial charge in [-0.3, -0.25) is 0 Å². The summed E-state index contributed by atoms with van der Waals surface area (Å²) in [4.78, 5) is 2.56. The van der Waals surface area contributed by atoms with Gasteiger partial charge in [-0.1, -0.05) is 116 Å². The van der Waals surface area contributed by atoms with Gasteiger partial charge in [0.25, 0.3) is 0 Å². The zero-order valence-corrected chi connectivity index (χ0v) is 29.6. The SMILES string of the molecule is CC.CCCCCN(CCCCC)c1ccc(/C=C/C2=CC(=C/C=C/C3=C(C#N)C(=C(/C)C#N)/OC3(C)C)/CC(C)(C)C2)cc1. The molecule has 1 heterocycles. The molecule has 242 valence electrons. The van der Waals surface area contributed by atoms with E-state index >= 15 is 0 Å². The largest absolute Gasteiger partial charge is 0.481 e. The number of hydrogen-bond acceptors (Lipinski definition) is 4. The Morgan fingerprint density at radius 2 is 1.51 bits per heavy atom. The molecule has 45 heavy (non-hydrogen) atoms. The average molecular weight is 608 g/mol. The lowest BCUT2D eigenvalue weighted by Gasteiger charge is -2.30. The Kier molecular flexibility index (Phi) is 15.2. The molecule has 4 nitrogen and oxygen atoms in total. The maximum atomic E-state index is 9.82. The van der Waals surface area contributed by atoms with Crippen LogP contribution < -0.4 is 4.90 Å². The molecule has 1 aliphatic heterocycles. The Hall–Kier alpha value is -3.76. The van der Waals surface area contributed by atoms with E-state index in [0.29, 0.717) is 16.9 Å². The number of nitrogens with zero attached hydrogens (tertiary/aromatic N) is 3. The molecule has 1 aromatic rings. The van der Waals surface area contributed by atoms with Crippen molar-refractivity contribution in [1.82, 2.24) is 0 Å². The van der Waals surface area contributed by atoms with Crippen molar-refractivity contribution in [2.45, 2.75) is 119 Å². The highest BCUT2D eigenvalue weighted by Gasteiger charge is 2.37. The highest BCUT2D eigenvalue weighted by atomic mass is 16.5. The molecule has 2 aliphatic rings. The second-order valence-corrected chi connectivity index (χ2v) is 13.2. The first-order chi connectivity index (χ1) is 21.5. The Morgan fingerprint density at radius 1 is 0.889 bits per heavy atom. The van der Waals surface area contributed by atoms with Crippen molar-refractivity contribution in [3.8, 4) is 12.1 Å². The van der Waals surface area contributed by atoms with Crippen molar-refractivity contribution in [1.29, 1.82) is 10.5 Å². The van der Waals surface area contributed by atoms with E-state index < -0.39 is 5.60 Å². The van der Waals surface area contributed by atoms with E-state index in [1.165, 1.54) is 60.9 Å². The predicted octanol–water partition coefficient (Wildman–Crippen LogP) is 11.6. The van der Waals surface area contributed by atoms with Gasteiger partial charge in [0.1, 0.15) is 17.2 Å². The lowest BCUT2D eigenvalue weighted by Crippen LogP contribution is -2.25. The molecule has 0 amide bonds. The fourth-order valence-electron chi connectivity index (χ4n) is 5.96. The Balaban J connectivity index is 0.00000345. The topological polar surface area (TPSA) is 60.0 Å². The molecule has 1 aliphatic carbocycles. The van der Waals surface area contributed by atoms with Crippen LogP contribution in [0.1, 0.15) is 119 Å². The molecule has 0 radical (unpaired) electrons. The van der Waals surface area contributed by atoms with Crippen molar-refractivity contribution in [2.24, 2.45) is 5.41 Å². The zero-order valence-electron chi connectivity index (χ0n) is 29.6. The van der Waals surface area contributed by atoms with Crippen molar-refractivity contribution in [3.05, 3.63) is 93.8 Å². The number of anilines is 1. The van der Waals surface area contributed by atoms with Gasteiger partial charge in [-0.2, -0.15) is 10.5 Å². The number of nitriles is 2. The van der Waals surface area contributed by atoms with Crippen LogP contribution in [0.25, 0.3) is 6.08 Å². The Morgan fingerprint density at radius 3 is 2.07 bits per heavy atom. The van der Waals surface area contributed by atoms with Crippen molar-refractivity contribution < 1.29 is 4.74 Å². The van der Waals surface area contributed by atoms with E-state index in [0.717, 1.165) is 31.5 Å². The summed E-state index contributed by atoms with van der Waals surface area (Å²) < 4.78 is 6.01. The van der Waals surface area contributed by atoms with E-state index in [1.807, 2.05) is 39.8 Å². The van der Waals surface area contributed by atoms with E-state index in [4.69, 9.17) is 4.74 Å². The maximum absolute atomic E-state index is 9.82. The molecule has 0 atom stereocenters. The normalized spacial score (nSPS) is 19.1. The summed E-state index contributed by atoms with van der Waals surface area (Å²) in [5.41, 5.74) is 6.28. The lowest BCUT2D eigenvalue weighted by atomic mass is 9.75. The summed E-state index contributed by atoms with van der Waals surface area (Å²) in [6, 6.07) is 13.4. The van der Waals surface area contributed by atoms with Crippen LogP contribution in [0.3, 0.4) is 0 Å². The number of ether oxygens (including phenoxy) is 1. The van der Waals surface area contributed by atoms with Gasteiger partial charge in [-0.15, -0.1) is 0 Å². The van der Waals surface area contributed by atoms with Gasteiger partial charge in [0.2, 0.25) is 0 Å². The number of benzene rings is 1. The van der Waals surface area contributed by atoms with Crippen LogP contribution in [0.5, 0.6) is 0 Å². The van der Waals surface area contributed by atoms with Gasteiger partial charge in [-0.25, -0.2) is 0 Å². The van der Waals surface area contributed by atoms with Crippen molar-refractivity contribution in [2.75, 3.05) is 18.0 Å². The Labute approximate surface area is 275 Å².